The second-order valence-corrected chi connectivity index (χ2v) is 4.66. The normalized spacial score (nSPS) is 11.7. The van der Waals surface area contributed by atoms with Crippen LogP contribution in [0.5, 0.6) is 5.75 Å². The summed E-state index contributed by atoms with van der Waals surface area (Å²) in [7, 11) is 3.27. The summed E-state index contributed by atoms with van der Waals surface area (Å²) in [5, 5.41) is 0. The van der Waals surface area contributed by atoms with Crippen LogP contribution in [0.2, 0.25) is 0 Å². The number of hydrogen-bond acceptors (Lipinski definition) is 3. The van der Waals surface area contributed by atoms with Gasteiger partial charge in [-0.1, -0.05) is 31.3 Å². The van der Waals surface area contributed by atoms with Gasteiger partial charge in [0.1, 0.15) is 5.75 Å². The maximum atomic E-state index is 12.2. The number of rotatable bonds is 5. The Labute approximate surface area is 113 Å². The molecular formula is C13H18N2O2S. The van der Waals surface area contributed by atoms with Crippen LogP contribution in [0.15, 0.2) is 24.3 Å². The first-order valence-corrected chi connectivity index (χ1v) is 6.06. The summed E-state index contributed by atoms with van der Waals surface area (Å²) in [5.41, 5.74) is 6.09. The quantitative estimate of drug-likeness (QED) is 0.824. The van der Waals surface area contributed by atoms with Crippen LogP contribution in [0, 0.1) is 5.92 Å². The van der Waals surface area contributed by atoms with Crippen LogP contribution in [0.3, 0.4) is 0 Å². The van der Waals surface area contributed by atoms with Crippen molar-refractivity contribution in [2.45, 2.75) is 6.92 Å². The van der Waals surface area contributed by atoms with E-state index in [4.69, 9.17) is 22.7 Å². The molecule has 98 valence electrons. The third-order valence-electron chi connectivity index (χ3n) is 2.72. The van der Waals surface area contributed by atoms with Gasteiger partial charge in [-0.25, -0.2) is 0 Å². The van der Waals surface area contributed by atoms with E-state index in [0.29, 0.717) is 22.8 Å². The van der Waals surface area contributed by atoms with E-state index in [2.05, 4.69) is 0 Å². The van der Waals surface area contributed by atoms with Crippen molar-refractivity contribution in [3.63, 3.8) is 0 Å². The molecule has 0 saturated heterocycles. The van der Waals surface area contributed by atoms with Gasteiger partial charge in [0.05, 0.1) is 17.7 Å². The molecule has 1 rings (SSSR count). The first-order valence-electron chi connectivity index (χ1n) is 5.65. The molecule has 0 radical (unpaired) electrons. The number of ether oxygens (including phenoxy) is 1. The van der Waals surface area contributed by atoms with Crippen LogP contribution >= 0.6 is 12.2 Å². The van der Waals surface area contributed by atoms with Gasteiger partial charge in [0.25, 0.3) is 5.91 Å². The van der Waals surface area contributed by atoms with E-state index in [9.17, 15) is 4.79 Å². The molecule has 1 aromatic rings. The van der Waals surface area contributed by atoms with Gasteiger partial charge in [-0.3, -0.25) is 4.79 Å². The van der Waals surface area contributed by atoms with E-state index >= 15 is 0 Å². The first-order chi connectivity index (χ1) is 8.47. The number of nitrogens with zero attached hydrogens (tertiary/aromatic N) is 1. The number of nitrogens with two attached hydrogens (primary N) is 1. The van der Waals surface area contributed by atoms with Crippen LogP contribution in [0.1, 0.15) is 17.3 Å². The van der Waals surface area contributed by atoms with Crippen molar-refractivity contribution in [1.29, 1.82) is 0 Å². The molecule has 0 aliphatic rings. The van der Waals surface area contributed by atoms with Crippen LogP contribution < -0.4 is 10.5 Å². The Bertz CT molecular complexity index is 448. The van der Waals surface area contributed by atoms with E-state index in [1.165, 1.54) is 0 Å². The number of methoxy groups -OCH3 is 1. The molecule has 2 N–H and O–H groups in total. The summed E-state index contributed by atoms with van der Waals surface area (Å²) < 4.78 is 5.17. The van der Waals surface area contributed by atoms with Gasteiger partial charge >= 0.3 is 0 Å². The number of thiocarbonyl (C=S) groups is 1. The van der Waals surface area contributed by atoms with Crippen molar-refractivity contribution in [1.82, 2.24) is 4.90 Å². The minimum atomic E-state index is -0.101. The van der Waals surface area contributed by atoms with Crippen LogP contribution in [0.4, 0.5) is 0 Å². The zero-order valence-corrected chi connectivity index (χ0v) is 11.7. The van der Waals surface area contributed by atoms with E-state index in [1.807, 2.05) is 13.0 Å². The lowest BCUT2D eigenvalue weighted by molar-refractivity contribution is 0.0783. The van der Waals surface area contributed by atoms with Gasteiger partial charge in [-0.15, -0.1) is 0 Å². The van der Waals surface area contributed by atoms with Gasteiger partial charge in [-0.2, -0.15) is 0 Å². The summed E-state index contributed by atoms with van der Waals surface area (Å²) in [6.45, 7) is 2.39. The Morgan fingerprint density at radius 3 is 2.67 bits per heavy atom. The highest BCUT2D eigenvalue weighted by Gasteiger charge is 2.18. The molecule has 1 unspecified atom stereocenters. The molecule has 0 aromatic heterocycles. The zero-order chi connectivity index (χ0) is 13.7. The second-order valence-electron chi connectivity index (χ2n) is 4.19. The van der Waals surface area contributed by atoms with Crippen LogP contribution in [-0.2, 0) is 0 Å². The molecule has 18 heavy (non-hydrogen) atoms. The van der Waals surface area contributed by atoms with Crippen molar-refractivity contribution in [3.8, 4) is 5.75 Å². The summed E-state index contributed by atoms with van der Waals surface area (Å²) in [6, 6.07) is 7.13. The Morgan fingerprint density at radius 1 is 1.50 bits per heavy atom. The maximum absolute atomic E-state index is 12.2. The number of carbonyl (C=O) groups is 1. The lowest BCUT2D eigenvalue weighted by Gasteiger charge is -2.21. The van der Waals surface area contributed by atoms with Crippen LogP contribution in [-0.4, -0.2) is 36.5 Å². The third kappa shape index (κ3) is 3.43. The smallest absolute Gasteiger partial charge is 0.257 e. The molecular weight excluding hydrogens is 248 g/mol. The lowest BCUT2D eigenvalue weighted by atomic mass is 10.1. The number of amides is 1. The molecule has 0 bridgehead atoms. The Balaban J connectivity index is 2.83. The molecule has 0 heterocycles. The average Bonchev–Trinajstić information content (AvgIpc) is 2.37. The molecule has 0 aliphatic carbocycles. The molecule has 0 spiro atoms. The molecule has 1 amide bonds. The van der Waals surface area contributed by atoms with Gasteiger partial charge in [0.2, 0.25) is 0 Å². The Morgan fingerprint density at radius 2 is 2.11 bits per heavy atom. The summed E-state index contributed by atoms with van der Waals surface area (Å²) >= 11 is 4.90. The van der Waals surface area contributed by atoms with Crippen LogP contribution in [0.25, 0.3) is 0 Å². The Hall–Kier alpha value is -1.62. The SMILES string of the molecule is COc1ccccc1C(=O)N(C)CC(C)C(N)=S. The molecule has 1 atom stereocenters. The standard InChI is InChI=1S/C13H18N2O2S/c1-9(12(14)18)8-15(2)13(16)10-6-4-5-7-11(10)17-3/h4-7,9H,8H2,1-3H3,(H2,14,18). The molecule has 1 aromatic carbocycles. The minimum absolute atomic E-state index is 0.0105. The Kier molecular flexibility index (Phi) is 5.09. The van der Waals surface area contributed by atoms with Crippen molar-refractivity contribution >= 4 is 23.1 Å². The first kappa shape index (κ1) is 14.4. The van der Waals surface area contributed by atoms with E-state index in [-0.39, 0.29) is 11.8 Å². The van der Waals surface area contributed by atoms with Gasteiger partial charge < -0.3 is 15.4 Å². The largest absolute Gasteiger partial charge is 0.496 e. The number of hydrogen-bond donors (Lipinski definition) is 1. The lowest BCUT2D eigenvalue weighted by Crippen LogP contribution is -2.35. The number of para-hydroxylation sites is 1. The van der Waals surface area contributed by atoms with Gasteiger partial charge in [-0.05, 0) is 12.1 Å². The van der Waals surface area contributed by atoms with E-state index in [1.54, 1.807) is 37.3 Å². The zero-order valence-electron chi connectivity index (χ0n) is 10.8. The summed E-state index contributed by atoms with van der Waals surface area (Å²) in [5.74, 6) is 0.455. The monoisotopic (exact) mass is 266 g/mol. The van der Waals surface area contributed by atoms with Crippen molar-refractivity contribution in [2.24, 2.45) is 11.7 Å². The second kappa shape index (κ2) is 6.35. The van der Waals surface area contributed by atoms with Gasteiger partial charge in [0, 0.05) is 19.5 Å². The fraction of sp³-hybridized carbons (Fsp3) is 0.385. The highest BCUT2D eigenvalue weighted by molar-refractivity contribution is 7.80. The van der Waals surface area contributed by atoms with Crippen molar-refractivity contribution < 1.29 is 9.53 Å². The number of benzene rings is 1. The number of carbonyl (C=O) groups excluding carboxylic acids is 1. The van der Waals surface area contributed by atoms with Gasteiger partial charge in [0.15, 0.2) is 0 Å². The molecule has 4 nitrogen and oxygen atoms in total. The molecule has 0 fully saturated rings. The maximum Gasteiger partial charge on any atom is 0.257 e. The highest BCUT2D eigenvalue weighted by Crippen LogP contribution is 2.19. The summed E-state index contributed by atoms with van der Waals surface area (Å²) in [6.07, 6.45) is 0. The summed E-state index contributed by atoms with van der Waals surface area (Å²) in [4.78, 5) is 14.3. The minimum Gasteiger partial charge on any atom is -0.496 e. The third-order valence-corrected chi connectivity index (χ3v) is 3.12. The molecule has 0 aliphatic heterocycles. The fourth-order valence-corrected chi connectivity index (χ4v) is 1.69. The van der Waals surface area contributed by atoms with Crippen molar-refractivity contribution in [3.05, 3.63) is 29.8 Å². The van der Waals surface area contributed by atoms with E-state index < -0.39 is 0 Å². The molecule has 5 heteroatoms. The van der Waals surface area contributed by atoms with E-state index in [0.717, 1.165) is 0 Å². The molecule has 0 saturated carbocycles. The fourth-order valence-electron chi connectivity index (χ4n) is 1.61. The van der Waals surface area contributed by atoms with Crippen molar-refractivity contribution in [2.75, 3.05) is 20.7 Å². The average molecular weight is 266 g/mol. The highest BCUT2D eigenvalue weighted by atomic mass is 32.1. The predicted octanol–water partition coefficient (Wildman–Crippen LogP) is 1.69. The predicted molar refractivity (Wildman–Crippen MR) is 75.9 cm³/mol. The topological polar surface area (TPSA) is 55.6 Å².